The molecule has 1 heterocycles. The van der Waals surface area contributed by atoms with Gasteiger partial charge in [0.2, 0.25) is 0 Å². The number of amides is 1. The lowest BCUT2D eigenvalue weighted by Gasteiger charge is -2.28. The summed E-state index contributed by atoms with van der Waals surface area (Å²) in [5.74, 6) is -1.09. The number of aromatic hydroxyl groups is 2. The number of ketones is 1. The Labute approximate surface area is 172 Å². The van der Waals surface area contributed by atoms with E-state index in [1.54, 1.807) is 0 Å². The molecular weight excluding hydrogens is 394 g/mol. The van der Waals surface area contributed by atoms with Gasteiger partial charge in [-0.05, 0) is 36.8 Å². The van der Waals surface area contributed by atoms with Gasteiger partial charge in [0.15, 0.2) is 12.1 Å². The molecule has 0 aromatic heterocycles. The zero-order chi connectivity index (χ0) is 21.9. The maximum atomic E-state index is 12.3. The molecule has 0 aliphatic carbocycles. The Balaban J connectivity index is 1.59. The molecule has 2 aromatic carbocycles. The first-order chi connectivity index (χ1) is 14.2. The number of benzene rings is 2. The van der Waals surface area contributed by atoms with E-state index in [0.29, 0.717) is 0 Å². The van der Waals surface area contributed by atoms with E-state index in [4.69, 9.17) is 4.74 Å². The summed E-state index contributed by atoms with van der Waals surface area (Å²) in [7, 11) is 0. The van der Waals surface area contributed by atoms with Crippen molar-refractivity contribution in [2.24, 2.45) is 0 Å². The fourth-order valence-corrected chi connectivity index (χ4v) is 3.34. The number of hydrogen-bond acceptors (Lipinski definition) is 8. The number of Topliss-reactive ketones (excluding diaryl/α,β-unsaturated/α-hetero) is 1. The van der Waals surface area contributed by atoms with Crippen molar-refractivity contribution in [2.45, 2.75) is 36.9 Å². The van der Waals surface area contributed by atoms with Gasteiger partial charge in [-0.2, -0.15) is 0 Å². The molecular formula is C21H23NO8. The Bertz CT molecular complexity index is 933. The van der Waals surface area contributed by atoms with E-state index in [1.807, 2.05) is 0 Å². The molecule has 0 bridgehead atoms. The third-order valence-electron chi connectivity index (χ3n) is 5.09. The lowest BCUT2D eigenvalue weighted by atomic mass is 9.88. The second kappa shape index (κ2) is 8.80. The van der Waals surface area contributed by atoms with Gasteiger partial charge in [0, 0.05) is 24.1 Å². The zero-order valence-electron chi connectivity index (χ0n) is 15.9. The number of carbonyl (C=O) groups is 2. The Kier molecular flexibility index (Phi) is 6.37. The number of nitrogens with one attached hydrogen (secondary N) is 1. The zero-order valence-corrected chi connectivity index (χ0v) is 15.9. The molecule has 0 radical (unpaired) electrons. The summed E-state index contributed by atoms with van der Waals surface area (Å²) in [4.78, 5) is 24.4. The van der Waals surface area contributed by atoms with E-state index in [2.05, 4.69) is 5.32 Å². The second-order valence-electron chi connectivity index (χ2n) is 7.20. The van der Waals surface area contributed by atoms with E-state index in [-0.39, 0.29) is 47.8 Å². The molecule has 0 saturated carbocycles. The average molecular weight is 417 g/mol. The van der Waals surface area contributed by atoms with Crippen molar-refractivity contribution in [3.05, 3.63) is 59.7 Å². The summed E-state index contributed by atoms with van der Waals surface area (Å²) in [6.45, 7) is -0.213. The van der Waals surface area contributed by atoms with E-state index < -0.39 is 30.0 Å². The summed E-state index contributed by atoms with van der Waals surface area (Å²) in [5, 5.41) is 52.7. The summed E-state index contributed by atoms with van der Waals surface area (Å²) < 4.78 is 5.20. The smallest absolute Gasteiger partial charge is 0.251 e. The Hall–Kier alpha value is -2.98. The maximum absolute atomic E-state index is 12.3. The number of rotatable bonds is 7. The fourth-order valence-electron chi connectivity index (χ4n) is 3.34. The number of aliphatic hydroxyl groups excluding tert-OH is 2. The van der Waals surface area contributed by atoms with Gasteiger partial charge in [0.05, 0.1) is 0 Å². The van der Waals surface area contributed by atoms with Gasteiger partial charge in [-0.15, -0.1) is 0 Å². The second-order valence-corrected chi connectivity index (χ2v) is 7.20. The first kappa shape index (κ1) is 21.7. The number of phenolic OH excluding ortho intramolecular Hbond substituents is 2. The SMILES string of the molecule is O=C(CC[C@]1(O)C(O)O[C@H](CNC(=O)c2cccc(O)c2)[C@H]1O)c1cccc(O)c1. The van der Waals surface area contributed by atoms with E-state index in [0.717, 1.165) is 0 Å². The Morgan fingerprint density at radius 3 is 2.23 bits per heavy atom. The van der Waals surface area contributed by atoms with Gasteiger partial charge < -0.3 is 35.6 Å². The fraction of sp³-hybridized carbons (Fsp3) is 0.333. The van der Waals surface area contributed by atoms with Crippen molar-refractivity contribution in [3.8, 4) is 11.5 Å². The van der Waals surface area contributed by atoms with E-state index in [1.165, 1.54) is 48.5 Å². The van der Waals surface area contributed by atoms with Crippen LogP contribution in [0.2, 0.25) is 0 Å². The third-order valence-corrected chi connectivity index (χ3v) is 5.09. The molecule has 6 N–H and O–H groups in total. The quantitative estimate of drug-likeness (QED) is 0.351. The minimum Gasteiger partial charge on any atom is -0.508 e. The van der Waals surface area contributed by atoms with Crippen LogP contribution in [0.5, 0.6) is 11.5 Å². The van der Waals surface area contributed by atoms with Crippen LogP contribution >= 0.6 is 0 Å². The summed E-state index contributed by atoms with van der Waals surface area (Å²) in [5.41, 5.74) is -1.68. The standard InChI is InChI=1S/C21H23NO8/c23-14-5-1-3-12(9-14)16(25)7-8-21(29)18(26)17(30-20(21)28)11-22-19(27)13-4-2-6-15(24)10-13/h1-6,9-10,17-18,20,23-24,26,28-29H,7-8,11H2,(H,22,27)/t17-,18-,20?,21-/m1/s1. The number of ether oxygens (including phenoxy) is 1. The van der Waals surface area contributed by atoms with Crippen LogP contribution in [0.25, 0.3) is 0 Å². The van der Waals surface area contributed by atoms with Crippen LogP contribution in [0.15, 0.2) is 48.5 Å². The van der Waals surface area contributed by atoms with Crippen LogP contribution in [0.4, 0.5) is 0 Å². The molecule has 1 unspecified atom stereocenters. The van der Waals surface area contributed by atoms with Crippen LogP contribution < -0.4 is 5.32 Å². The van der Waals surface area contributed by atoms with Crippen LogP contribution in [0, 0.1) is 0 Å². The molecule has 4 atom stereocenters. The van der Waals surface area contributed by atoms with Crippen molar-refractivity contribution < 1.29 is 39.9 Å². The topological polar surface area (TPSA) is 157 Å². The molecule has 1 fully saturated rings. The summed E-state index contributed by atoms with van der Waals surface area (Å²) in [6, 6.07) is 11.4. The molecule has 3 rings (SSSR count). The average Bonchev–Trinajstić information content (AvgIpc) is 2.94. The molecule has 160 valence electrons. The lowest BCUT2D eigenvalue weighted by Crippen LogP contribution is -2.50. The van der Waals surface area contributed by atoms with Crippen LogP contribution in [0.1, 0.15) is 33.6 Å². The minimum atomic E-state index is -2.10. The Morgan fingerprint density at radius 1 is 1.00 bits per heavy atom. The molecule has 1 amide bonds. The van der Waals surface area contributed by atoms with Crippen molar-refractivity contribution >= 4 is 11.7 Å². The van der Waals surface area contributed by atoms with Crippen LogP contribution in [0.3, 0.4) is 0 Å². The van der Waals surface area contributed by atoms with E-state index in [9.17, 15) is 35.1 Å². The molecule has 30 heavy (non-hydrogen) atoms. The molecule has 2 aromatic rings. The first-order valence-electron chi connectivity index (χ1n) is 9.34. The number of carbonyl (C=O) groups excluding carboxylic acids is 2. The molecule has 1 aliphatic heterocycles. The van der Waals surface area contributed by atoms with Crippen molar-refractivity contribution in [1.29, 1.82) is 0 Å². The van der Waals surface area contributed by atoms with Crippen molar-refractivity contribution in [2.75, 3.05) is 6.54 Å². The highest BCUT2D eigenvalue weighted by atomic mass is 16.6. The molecule has 1 saturated heterocycles. The normalized spacial score (nSPS) is 25.8. The maximum Gasteiger partial charge on any atom is 0.251 e. The van der Waals surface area contributed by atoms with E-state index >= 15 is 0 Å². The van der Waals surface area contributed by atoms with Gasteiger partial charge in [0.1, 0.15) is 29.3 Å². The Morgan fingerprint density at radius 2 is 1.60 bits per heavy atom. The highest BCUT2D eigenvalue weighted by Gasteiger charge is 2.54. The molecule has 9 nitrogen and oxygen atoms in total. The van der Waals surface area contributed by atoms with Gasteiger partial charge in [-0.1, -0.05) is 18.2 Å². The third kappa shape index (κ3) is 4.60. The molecule has 1 aliphatic rings. The molecule has 9 heteroatoms. The van der Waals surface area contributed by atoms with Crippen LogP contribution in [-0.4, -0.2) is 67.9 Å². The summed E-state index contributed by atoms with van der Waals surface area (Å²) in [6.07, 6.45) is -4.93. The minimum absolute atomic E-state index is 0.0774. The van der Waals surface area contributed by atoms with Gasteiger partial charge in [-0.25, -0.2) is 0 Å². The summed E-state index contributed by atoms with van der Waals surface area (Å²) >= 11 is 0. The monoisotopic (exact) mass is 417 g/mol. The lowest BCUT2D eigenvalue weighted by molar-refractivity contribution is -0.177. The highest BCUT2D eigenvalue weighted by Crippen LogP contribution is 2.34. The van der Waals surface area contributed by atoms with Crippen molar-refractivity contribution in [1.82, 2.24) is 5.32 Å². The largest absolute Gasteiger partial charge is 0.508 e. The first-order valence-corrected chi connectivity index (χ1v) is 9.34. The number of phenols is 2. The van der Waals surface area contributed by atoms with Gasteiger partial charge in [-0.3, -0.25) is 9.59 Å². The van der Waals surface area contributed by atoms with Gasteiger partial charge >= 0.3 is 0 Å². The number of hydrogen-bond donors (Lipinski definition) is 6. The van der Waals surface area contributed by atoms with Gasteiger partial charge in [0.25, 0.3) is 5.91 Å². The predicted octanol–water partition coefficient (Wildman–Crippen LogP) is 0.300. The van der Waals surface area contributed by atoms with Crippen molar-refractivity contribution in [3.63, 3.8) is 0 Å². The highest BCUT2D eigenvalue weighted by molar-refractivity contribution is 5.96. The predicted molar refractivity (Wildman–Crippen MR) is 104 cm³/mol. The molecule has 0 spiro atoms. The number of aliphatic hydroxyl groups is 3. The van der Waals surface area contributed by atoms with Crippen LogP contribution in [-0.2, 0) is 4.74 Å².